The van der Waals surface area contributed by atoms with Crippen LogP contribution >= 0.6 is 0 Å². The van der Waals surface area contributed by atoms with Gasteiger partial charge in [0.05, 0.1) is 0 Å². The zero-order chi connectivity index (χ0) is 3.41. The first kappa shape index (κ1) is 4.28. The molecule has 4 heavy (non-hydrogen) atoms. The number of rotatable bonds is 0. The fourth-order valence-electron chi connectivity index (χ4n) is 0. The molecule has 2 nitrogen and oxygen atoms in total. The van der Waals surface area contributed by atoms with Crippen molar-refractivity contribution in [3.8, 4) is 0 Å². The molecule has 0 spiro atoms. The van der Waals surface area contributed by atoms with Crippen molar-refractivity contribution in [2.75, 3.05) is 0 Å². The van der Waals surface area contributed by atoms with Crippen LogP contribution in [0.3, 0.4) is 0 Å². The molecule has 0 rings (SSSR count). The molecule has 0 aromatic heterocycles. The van der Waals surface area contributed by atoms with Crippen LogP contribution < -0.4 is 0 Å². The molecule has 0 aromatic carbocycles. The van der Waals surface area contributed by atoms with Gasteiger partial charge in [0, 0.05) is 0 Å². The summed E-state index contributed by atoms with van der Waals surface area (Å²) in [6.07, 6.45) is 1.35. The summed E-state index contributed by atoms with van der Waals surface area (Å²) in [5.74, 6) is 0. The van der Waals surface area contributed by atoms with E-state index < -0.39 is 0 Å². The molecular formula is CHNOPo. The molecule has 0 bridgehead atoms. The molecule has 0 radical (unpaired) electrons. The van der Waals surface area contributed by atoms with Crippen molar-refractivity contribution in [2.24, 2.45) is 2.89 Å². The van der Waals surface area contributed by atoms with Crippen LogP contribution in [0.1, 0.15) is 0 Å². The molecule has 3 heteroatoms. The average Bonchev–Trinajstić information content (AvgIpc) is 1.37. The molecule has 0 aliphatic rings. The molecule has 0 saturated carbocycles. The van der Waals surface area contributed by atoms with Crippen molar-refractivity contribution in [2.45, 2.75) is 0 Å². The fraction of sp³-hybridized carbons (Fsp3) is 0. The summed E-state index contributed by atoms with van der Waals surface area (Å²) < 4.78 is 3.04. The van der Waals surface area contributed by atoms with Crippen LogP contribution in [0.5, 0.6) is 0 Å². The SMILES string of the molecule is O=C=[N][PoH]. The van der Waals surface area contributed by atoms with Gasteiger partial charge in [0.1, 0.15) is 0 Å². The molecule has 0 unspecified atom stereocenters. The van der Waals surface area contributed by atoms with E-state index in [1.54, 1.807) is 0 Å². The molecular weight excluding hydrogens is 251 g/mol. The summed E-state index contributed by atoms with van der Waals surface area (Å²) in [6, 6.07) is 0. The van der Waals surface area contributed by atoms with Gasteiger partial charge in [-0.1, -0.05) is 0 Å². The number of hydrogen-bond donors (Lipinski definition) is 0. The van der Waals surface area contributed by atoms with Crippen molar-refractivity contribution in [3.63, 3.8) is 0 Å². The average molecular weight is 252 g/mol. The van der Waals surface area contributed by atoms with Crippen molar-refractivity contribution in [1.82, 2.24) is 0 Å². The van der Waals surface area contributed by atoms with Crippen LogP contribution in [-0.4, -0.2) is 31.4 Å². The Kier molecular flexibility index (Phi) is 3.50. The zero-order valence-electron chi connectivity index (χ0n) is 1.80. The van der Waals surface area contributed by atoms with Crippen LogP contribution in [0.4, 0.5) is 0 Å². The topological polar surface area (TPSA) is 29.4 Å². The number of isocyanates is 1. The number of nitrogens with zero attached hydrogens (tertiary/aromatic N) is 1. The predicted octanol–water partition coefficient (Wildman–Crippen LogP) is -0.862. The summed E-state index contributed by atoms with van der Waals surface area (Å²) in [4.78, 5) is 8.91. The molecule has 0 N–H and O–H groups in total. The Labute approximate surface area is 39.5 Å². The maximum atomic E-state index is 8.91. The van der Waals surface area contributed by atoms with Gasteiger partial charge in [0.25, 0.3) is 0 Å². The van der Waals surface area contributed by atoms with Gasteiger partial charge in [0.15, 0.2) is 0 Å². The molecule has 0 saturated heterocycles. The third-order valence-electron chi connectivity index (χ3n) is 0.0408. The standard InChI is InChI=1S/CNO.Po.H/c2-1-3;;/q-1;+1;. The van der Waals surface area contributed by atoms with Crippen molar-refractivity contribution < 1.29 is 4.79 Å². The van der Waals surface area contributed by atoms with Gasteiger partial charge in [-0.15, -0.1) is 0 Å². The van der Waals surface area contributed by atoms with Crippen molar-refractivity contribution >= 4 is 31.4 Å². The Balaban J connectivity index is 3.11. The molecule has 0 atom stereocenters. The van der Waals surface area contributed by atoms with Gasteiger partial charge >= 0.3 is 39.1 Å². The van der Waals surface area contributed by atoms with Crippen LogP contribution in [-0.2, 0) is 4.79 Å². The van der Waals surface area contributed by atoms with E-state index in [0.29, 0.717) is 0 Å². The first-order valence-corrected chi connectivity index (χ1v) is 2.18. The number of carbonyl (C=O) groups excluding carboxylic acids is 1. The van der Waals surface area contributed by atoms with Gasteiger partial charge in [-0.25, -0.2) is 0 Å². The van der Waals surface area contributed by atoms with Gasteiger partial charge in [-0.2, -0.15) is 0 Å². The Bertz CT molecular complexity index is 46.0. The van der Waals surface area contributed by atoms with Gasteiger partial charge in [0.2, 0.25) is 0 Å². The minimum atomic E-state index is 0.749. The van der Waals surface area contributed by atoms with E-state index in [1.807, 2.05) is 0 Å². The van der Waals surface area contributed by atoms with E-state index >= 15 is 0 Å². The van der Waals surface area contributed by atoms with Gasteiger partial charge in [-0.05, 0) is 0 Å². The Morgan fingerprint density at radius 3 is 2.25 bits per heavy atom. The van der Waals surface area contributed by atoms with E-state index in [2.05, 4.69) is 2.89 Å². The normalized spacial score (nSPS) is 4.25. The van der Waals surface area contributed by atoms with Crippen LogP contribution in [0.25, 0.3) is 0 Å². The van der Waals surface area contributed by atoms with Crippen molar-refractivity contribution in [3.05, 3.63) is 0 Å². The van der Waals surface area contributed by atoms with Crippen molar-refractivity contribution in [1.29, 1.82) is 0 Å². The number of hydrogen-bond acceptors (Lipinski definition) is 2. The second-order valence-electron chi connectivity index (χ2n) is 0.191. The maximum absolute atomic E-state index is 8.91. The zero-order valence-corrected chi connectivity index (χ0v) is 5.28. The summed E-state index contributed by atoms with van der Waals surface area (Å²) >= 11 is 0.749. The summed E-state index contributed by atoms with van der Waals surface area (Å²) in [7, 11) is 0. The molecule has 0 fully saturated rings. The molecule has 0 aromatic rings. The second-order valence-corrected chi connectivity index (χ2v) is 0.969. The minimum absolute atomic E-state index is 0.749. The van der Waals surface area contributed by atoms with E-state index in [0.717, 1.165) is 25.4 Å². The van der Waals surface area contributed by atoms with E-state index in [9.17, 15) is 0 Å². The van der Waals surface area contributed by atoms with Crippen LogP contribution in [0.15, 0.2) is 2.89 Å². The Morgan fingerprint density at radius 1 is 2.00 bits per heavy atom. The van der Waals surface area contributed by atoms with Gasteiger partial charge < -0.3 is 0 Å². The summed E-state index contributed by atoms with van der Waals surface area (Å²) in [5.41, 5.74) is 0. The first-order valence-electron chi connectivity index (χ1n) is 0.628. The van der Waals surface area contributed by atoms with Crippen LogP contribution in [0.2, 0.25) is 0 Å². The second kappa shape index (κ2) is 3.28. The quantitative estimate of drug-likeness (QED) is 0.407. The van der Waals surface area contributed by atoms with Crippen LogP contribution in [0, 0.1) is 0 Å². The first-order chi connectivity index (χ1) is 1.91. The molecule has 22 valence electrons. The molecule has 0 heterocycles. The fourth-order valence-corrected chi connectivity index (χ4v) is 0. The van der Waals surface area contributed by atoms with Gasteiger partial charge in [-0.3, -0.25) is 0 Å². The monoisotopic (exact) mass is 252 g/mol. The third kappa shape index (κ3) is 2.28. The Morgan fingerprint density at radius 2 is 2.25 bits per heavy atom. The summed E-state index contributed by atoms with van der Waals surface area (Å²) in [5, 5.41) is 0. The summed E-state index contributed by atoms with van der Waals surface area (Å²) in [6.45, 7) is 0. The molecule has 0 aliphatic carbocycles. The predicted molar refractivity (Wildman–Crippen MR) is 15.3 cm³/mol. The Hall–Kier alpha value is 0.276. The van der Waals surface area contributed by atoms with E-state index in [-0.39, 0.29) is 0 Å². The van der Waals surface area contributed by atoms with E-state index in [4.69, 9.17) is 4.79 Å². The molecule has 0 amide bonds. The molecule has 0 aliphatic heterocycles. The third-order valence-corrected chi connectivity index (χ3v) is 0.358. The van der Waals surface area contributed by atoms with E-state index in [1.165, 1.54) is 6.08 Å².